The van der Waals surface area contributed by atoms with Crippen LogP contribution in [-0.4, -0.2) is 16.4 Å². The number of allylic oxidation sites excluding steroid dienone is 2. The van der Waals surface area contributed by atoms with Gasteiger partial charge in [-0.05, 0) is 12.5 Å². The summed E-state index contributed by atoms with van der Waals surface area (Å²) in [4.78, 5) is 2.77. The number of halogens is 1. The first-order chi connectivity index (χ1) is 10.8. The summed E-state index contributed by atoms with van der Waals surface area (Å²) in [6.07, 6.45) is 27.2. The van der Waals surface area contributed by atoms with Crippen LogP contribution in [0.2, 0.25) is 0 Å². The zero-order chi connectivity index (χ0) is 15.9. The maximum atomic E-state index is 3.68. The molecule has 0 bridgehead atoms. The highest BCUT2D eigenvalue weighted by Crippen LogP contribution is 2.16. The third kappa shape index (κ3) is 10.5. The fraction of sp³-hybridized carbons (Fsp3) is 0.800. The Balaban J connectivity index is 1.77. The van der Waals surface area contributed by atoms with Crippen LogP contribution in [0.3, 0.4) is 0 Å². The summed E-state index contributed by atoms with van der Waals surface area (Å²) in [6.45, 7) is 3.47. The smallest absolute Gasteiger partial charge is 0.103 e. The maximum Gasteiger partial charge on any atom is 0.103 e. The van der Waals surface area contributed by atoms with Crippen molar-refractivity contribution in [2.24, 2.45) is 0 Å². The first kappa shape index (κ1) is 19.8. The molecule has 1 unspecified atom stereocenters. The van der Waals surface area contributed by atoms with Crippen LogP contribution in [-0.2, 0) is 0 Å². The van der Waals surface area contributed by atoms with Crippen molar-refractivity contribution >= 4 is 15.9 Å². The van der Waals surface area contributed by atoms with Crippen molar-refractivity contribution in [3.63, 3.8) is 0 Å². The van der Waals surface area contributed by atoms with Crippen molar-refractivity contribution in [1.29, 1.82) is 0 Å². The maximum absolute atomic E-state index is 3.68. The molecule has 128 valence electrons. The molecule has 0 fully saturated rings. The fourth-order valence-corrected chi connectivity index (χ4v) is 3.54. The summed E-state index contributed by atoms with van der Waals surface area (Å²) >= 11 is 3.68. The van der Waals surface area contributed by atoms with Crippen molar-refractivity contribution in [1.82, 2.24) is 4.90 Å². The lowest BCUT2D eigenvalue weighted by Crippen LogP contribution is -2.26. The summed E-state index contributed by atoms with van der Waals surface area (Å²) in [7, 11) is 0. The molecule has 0 aromatic heterocycles. The molecule has 1 rings (SSSR count). The van der Waals surface area contributed by atoms with Crippen LogP contribution in [0, 0.1) is 0 Å². The second-order valence-electron chi connectivity index (χ2n) is 6.58. The third-order valence-electron chi connectivity index (χ3n) is 4.50. The minimum Gasteiger partial charge on any atom is -0.362 e. The average Bonchev–Trinajstić information content (AvgIpc) is 2.53. The van der Waals surface area contributed by atoms with E-state index in [0.717, 1.165) is 0 Å². The van der Waals surface area contributed by atoms with Crippen LogP contribution < -0.4 is 0 Å². The molecular weight excluding hydrogens is 334 g/mol. The molecular formula is C20H36BrN. The number of hydrogen-bond donors (Lipinski definition) is 0. The van der Waals surface area contributed by atoms with Gasteiger partial charge in [0.25, 0.3) is 0 Å². The largest absolute Gasteiger partial charge is 0.362 e. The number of alkyl halides is 1. The van der Waals surface area contributed by atoms with Gasteiger partial charge in [-0.25, -0.2) is 0 Å². The summed E-state index contributed by atoms with van der Waals surface area (Å²) in [5.74, 6) is 0. The summed E-state index contributed by atoms with van der Waals surface area (Å²) in [5, 5.41) is 0. The van der Waals surface area contributed by atoms with E-state index in [1.165, 1.54) is 90.0 Å². The van der Waals surface area contributed by atoms with Gasteiger partial charge in [-0.1, -0.05) is 112 Å². The first-order valence-corrected chi connectivity index (χ1v) is 10.5. The fourth-order valence-electron chi connectivity index (χ4n) is 3.02. The standard InChI is InChI=1S/C20H36BrN/c1-2-3-4-5-6-7-8-9-10-11-12-13-15-18-22-19-16-14-17-20(22)21/h14,16-17,19-20H,2-13,15,18H2,1H3. The summed E-state index contributed by atoms with van der Waals surface area (Å²) in [5.41, 5.74) is 0. The van der Waals surface area contributed by atoms with Crippen molar-refractivity contribution in [2.45, 2.75) is 95.3 Å². The zero-order valence-corrected chi connectivity index (χ0v) is 16.2. The minimum atomic E-state index is 0.398. The second kappa shape index (κ2) is 14.4. The Hall–Kier alpha value is -0.240. The van der Waals surface area contributed by atoms with Crippen LogP contribution in [0.1, 0.15) is 90.4 Å². The zero-order valence-electron chi connectivity index (χ0n) is 14.6. The van der Waals surface area contributed by atoms with Gasteiger partial charge < -0.3 is 4.90 Å². The van der Waals surface area contributed by atoms with E-state index in [4.69, 9.17) is 0 Å². The number of nitrogens with zero attached hydrogens (tertiary/aromatic N) is 1. The Bertz CT molecular complexity index is 298. The van der Waals surface area contributed by atoms with Crippen LogP contribution in [0.5, 0.6) is 0 Å². The van der Waals surface area contributed by atoms with E-state index in [-0.39, 0.29) is 0 Å². The Labute approximate surface area is 147 Å². The predicted octanol–water partition coefficient (Wildman–Crippen LogP) is 7.18. The molecule has 22 heavy (non-hydrogen) atoms. The molecule has 0 amide bonds. The lowest BCUT2D eigenvalue weighted by atomic mass is 10.0. The van der Waals surface area contributed by atoms with Gasteiger partial charge in [-0.2, -0.15) is 0 Å². The number of unbranched alkanes of at least 4 members (excludes halogenated alkanes) is 12. The van der Waals surface area contributed by atoms with E-state index in [1.54, 1.807) is 0 Å². The lowest BCUT2D eigenvalue weighted by molar-refractivity contribution is 0.375. The summed E-state index contributed by atoms with van der Waals surface area (Å²) in [6, 6.07) is 0. The Morgan fingerprint density at radius 1 is 0.727 bits per heavy atom. The number of rotatable bonds is 14. The lowest BCUT2D eigenvalue weighted by Gasteiger charge is -2.25. The van der Waals surface area contributed by atoms with Gasteiger partial charge in [-0.3, -0.25) is 0 Å². The van der Waals surface area contributed by atoms with Crippen molar-refractivity contribution in [2.75, 3.05) is 6.54 Å². The van der Waals surface area contributed by atoms with Gasteiger partial charge in [-0.15, -0.1) is 0 Å². The van der Waals surface area contributed by atoms with E-state index in [1.807, 2.05) is 0 Å². The molecule has 1 atom stereocenters. The molecule has 0 N–H and O–H groups in total. The molecule has 0 spiro atoms. The van der Waals surface area contributed by atoms with Crippen LogP contribution in [0.25, 0.3) is 0 Å². The van der Waals surface area contributed by atoms with Gasteiger partial charge in [0.05, 0.1) is 0 Å². The quantitative estimate of drug-likeness (QED) is 0.178. The summed E-state index contributed by atoms with van der Waals surface area (Å²) < 4.78 is 0. The Morgan fingerprint density at radius 3 is 1.73 bits per heavy atom. The monoisotopic (exact) mass is 369 g/mol. The molecule has 0 aliphatic carbocycles. The van der Waals surface area contributed by atoms with E-state index in [2.05, 4.69) is 52.2 Å². The third-order valence-corrected chi connectivity index (χ3v) is 5.33. The van der Waals surface area contributed by atoms with Gasteiger partial charge in [0.1, 0.15) is 4.95 Å². The highest BCUT2D eigenvalue weighted by molar-refractivity contribution is 9.09. The Kier molecular flexibility index (Phi) is 12.9. The Morgan fingerprint density at radius 2 is 1.23 bits per heavy atom. The van der Waals surface area contributed by atoms with E-state index in [9.17, 15) is 0 Å². The highest BCUT2D eigenvalue weighted by atomic mass is 79.9. The van der Waals surface area contributed by atoms with Crippen LogP contribution in [0.4, 0.5) is 0 Å². The average molecular weight is 370 g/mol. The van der Waals surface area contributed by atoms with Gasteiger partial charge in [0, 0.05) is 12.7 Å². The van der Waals surface area contributed by atoms with Crippen LogP contribution >= 0.6 is 15.9 Å². The van der Waals surface area contributed by atoms with Gasteiger partial charge in [0.15, 0.2) is 0 Å². The molecule has 0 saturated carbocycles. The van der Waals surface area contributed by atoms with E-state index < -0.39 is 0 Å². The highest BCUT2D eigenvalue weighted by Gasteiger charge is 2.09. The van der Waals surface area contributed by atoms with Crippen LogP contribution in [0.15, 0.2) is 24.4 Å². The molecule has 1 heterocycles. The minimum absolute atomic E-state index is 0.398. The molecule has 0 aromatic carbocycles. The van der Waals surface area contributed by atoms with Gasteiger partial charge in [0.2, 0.25) is 0 Å². The van der Waals surface area contributed by atoms with Crippen molar-refractivity contribution in [3.05, 3.63) is 24.4 Å². The van der Waals surface area contributed by atoms with Gasteiger partial charge >= 0.3 is 0 Å². The second-order valence-corrected chi connectivity index (χ2v) is 7.52. The molecule has 2 heteroatoms. The predicted molar refractivity (Wildman–Crippen MR) is 103 cm³/mol. The first-order valence-electron chi connectivity index (χ1n) is 9.59. The molecule has 0 radical (unpaired) electrons. The van der Waals surface area contributed by atoms with Crippen molar-refractivity contribution in [3.8, 4) is 0 Å². The normalized spacial score (nSPS) is 17.4. The molecule has 0 saturated heterocycles. The molecule has 1 nitrogen and oxygen atoms in total. The topological polar surface area (TPSA) is 3.24 Å². The molecule has 1 aliphatic heterocycles. The van der Waals surface area contributed by atoms with Crippen molar-refractivity contribution < 1.29 is 0 Å². The van der Waals surface area contributed by atoms with E-state index >= 15 is 0 Å². The van der Waals surface area contributed by atoms with E-state index in [0.29, 0.717) is 4.95 Å². The number of hydrogen-bond acceptors (Lipinski definition) is 1. The molecule has 0 aromatic rings. The molecule has 1 aliphatic rings. The SMILES string of the molecule is CCCCCCCCCCCCCCCN1C=CC=CC1Br.